The normalized spacial score (nSPS) is 17.9. The van der Waals surface area contributed by atoms with Gasteiger partial charge in [0, 0.05) is 44.5 Å². The van der Waals surface area contributed by atoms with Crippen LogP contribution in [0.1, 0.15) is 45.7 Å². The Morgan fingerprint density at radius 1 is 1.33 bits per heavy atom. The largest absolute Gasteiger partial charge is 0.357 e. The van der Waals surface area contributed by atoms with E-state index in [1.807, 2.05) is 18.3 Å². The van der Waals surface area contributed by atoms with Crippen molar-refractivity contribution in [1.82, 2.24) is 15.2 Å². The molecule has 1 saturated heterocycles. The summed E-state index contributed by atoms with van der Waals surface area (Å²) < 4.78 is 0. The van der Waals surface area contributed by atoms with Gasteiger partial charge >= 0.3 is 0 Å². The monoisotopic (exact) mass is 444 g/mol. The highest BCUT2D eigenvalue weighted by atomic mass is 127. The lowest BCUT2D eigenvalue weighted by Crippen LogP contribution is -2.40. The molecule has 24 heavy (non-hydrogen) atoms. The van der Waals surface area contributed by atoms with Crippen LogP contribution in [0.5, 0.6) is 0 Å². The number of hydrogen-bond donors (Lipinski definition) is 1. The number of likely N-dealkylation sites (tertiary alicyclic amines) is 1. The summed E-state index contributed by atoms with van der Waals surface area (Å²) in [6.45, 7) is 10.8. The van der Waals surface area contributed by atoms with Crippen molar-refractivity contribution in [2.75, 3.05) is 26.2 Å². The Hall–Kier alpha value is -0.850. The average Bonchev–Trinajstić information content (AvgIpc) is 3.06. The second-order valence-electron chi connectivity index (χ2n) is 6.38. The lowest BCUT2D eigenvalue weighted by Gasteiger charge is -2.24. The van der Waals surface area contributed by atoms with Gasteiger partial charge in [0.2, 0.25) is 0 Å². The maximum absolute atomic E-state index is 4.83. The Balaban J connectivity index is 0.00000288. The summed E-state index contributed by atoms with van der Waals surface area (Å²) >= 11 is 0. The molecule has 1 aliphatic rings. The van der Waals surface area contributed by atoms with E-state index in [1.54, 1.807) is 0 Å². The van der Waals surface area contributed by atoms with Crippen molar-refractivity contribution in [3.63, 3.8) is 0 Å². The summed E-state index contributed by atoms with van der Waals surface area (Å²) in [7, 11) is 0. The zero-order chi connectivity index (χ0) is 16.5. The molecule has 0 radical (unpaired) electrons. The summed E-state index contributed by atoms with van der Waals surface area (Å²) in [5, 5.41) is 3.46. The molecule has 0 bridgehead atoms. The quantitative estimate of drug-likeness (QED) is 0.393. The van der Waals surface area contributed by atoms with Gasteiger partial charge in [-0.05, 0) is 37.3 Å². The zero-order valence-corrected chi connectivity index (χ0v) is 17.7. The maximum atomic E-state index is 4.83. The molecule has 2 rings (SSSR count). The molecule has 0 spiro atoms. The van der Waals surface area contributed by atoms with Gasteiger partial charge < -0.3 is 10.2 Å². The van der Waals surface area contributed by atoms with Gasteiger partial charge in [0.1, 0.15) is 0 Å². The first-order valence-electron chi connectivity index (χ1n) is 9.21. The molecular weight excluding hydrogens is 411 g/mol. The standard InChI is InChI=1S/C19H32N4.HI/c1-4-16(5-2)17-11-14-23(15-17)19(20-6-3)22-13-10-18-9-7-8-12-21-18;/h7-9,12,16-17H,4-6,10-11,13-15H2,1-3H3,(H,20,22);1H. The Bertz CT molecular complexity index is 474. The highest BCUT2D eigenvalue weighted by Gasteiger charge is 2.29. The molecule has 0 saturated carbocycles. The van der Waals surface area contributed by atoms with E-state index < -0.39 is 0 Å². The van der Waals surface area contributed by atoms with Crippen molar-refractivity contribution in [3.05, 3.63) is 30.1 Å². The molecule has 1 aliphatic heterocycles. The van der Waals surface area contributed by atoms with E-state index in [0.29, 0.717) is 0 Å². The number of aromatic nitrogens is 1. The molecule has 136 valence electrons. The molecule has 2 heterocycles. The molecule has 1 fully saturated rings. The second kappa shape index (κ2) is 11.7. The van der Waals surface area contributed by atoms with E-state index in [9.17, 15) is 0 Å². The smallest absolute Gasteiger partial charge is 0.193 e. The van der Waals surface area contributed by atoms with Crippen molar-refractivity contribution < 1.29 is 0 Å². The summed E-state index contributed by atoms with van der Waals surface area (Å²) in [5.74, 6) is 2.76. The van der Waals surface area contributed by atoms with E-state index in [1.165, 1.54) is 19.3 Å². The van der Waals surface area contributed by atoms with Crippen LogP contribution in [0.4, 0.5) is 0 Å². The predicted molar refractivity (Wildman–Crippen MR) is 113 cm³/mol. The van der Waals surface area contributed by atoms with Crippen molar-refractivity contribution in [3.8, 4) is 0 Å². The molecule has 0 amide bonds. The summed E-state index contributed by atoms with van der Waals surface area (Å²) in [4.78, 5) is 11.7. The number of halogens is 1. The van der Waals surface area contributed by atoms with Crippen LogP contribution in [-0.2, 0) is 6.42 Å². The first kappa shape index (κ1) is 21.2. The average molecular weight is 444 g/mol. The second-order valence-corrected chi connectivity index (χ2v) is 6.38. The number of guanidine groups is 1. The van der Waals surface area contributed by atoms with Crippen LogP contribution in [0.15, 0.2) is 29.4 Å². The van der Waals surface area contributed by atoms with Crippen LogP contribution in [0.2, 0.25) is 0 Å². The van der Waals surface area contributed by atoms with Crippen LogP contribution in [-0.4, -0.2) is 42.0 Å². The molecular formula is C19H33IN4. The molecule has 1 aromatic heterocycles. The van der Waals surface area contributed by atoms with Crippen molar-refractivity contribution >= 4 is 29.9 Å². The van der Waals surface area contributed by atoms with Gasteiger partial charge in [0.15, 0.2) is 5.96 Å². The lowest BCUT2D eigenvalue weighted by atomic mass is 9.87. The molecule has 4 nitrogen and oxygen atoms in total. The van der Waals surface area contributed by atoms with E-state index >= 15 is 0 Å². The predicted octanol–water partition coefficient (Wildman–Crippen LogP) is 3.97. The fraction of sp³-hybridized carbons (Fsp3) is 0.684. The maximum Gasteiger partial charge on any atom is 0.193 e. The van der Waals surface area contributed by atoms with Gasteiger partial charge in [-0.3, -0.25) is 9.98 Å². The van der Waals surface area contributed by atoms with Crippen LogP contribution in [0.3, 0.4) is 0 Å². The first-order chi connectivity index (χ1) is 11.3. The van der Waals surface area contributed by atoms with Crippen LogP contribution >= 0.6 is 24.0 Å². The minimum atomic E-state index is 0. The molecule has 1 aromatic rings. The Labute approximate surface area is 164 Å². The molecule has 1 atom stereocenters. The lowest BCUT2D eigenvalue weighted by molar-refractivity contribution is 0.319. The Morgan fingerprint density at radius 2 is 2.12 bits per heavy atom. The van der Waals surface area contributed by atoms with Gasteiger partial charge in [-0.25, -0.2) is 0 Å². The van der Waals surface area contributed by atoms with Gasteiger partial charge in [0.05, 0.1) is 0 Å². The SMILES string of the molecule is CCNC(=NCCc1ccccn1)N1CCC(C(CC)CC)C1.I. The van der Waals surface area contributed by atoms with E-state index in [4.69, 9.17) is 4.99 Å². The van der Waals surface area contributed by atoms with Gasteiger partial charge in [0.25, 0.3) is 0 Å². The fourth-order valence-electron chi connectivity index (χ4n) is 3.57. The van der Waals surface area contributed by atoms with Gasteiger partial charge in [-0.2, -0.15) is 0 Å². The van der Waals surface area contributed by atoms with Crippen molar-refractivity contribution in [2.24, 2.45) is 16.8 Å². The molecule has 5 heteroatoms. The Kier molecular flexibility index (Phi) is 10.3. The Morgan fingerprint density at radius 3 is 2.75 bits per heavy atom. The topological polar surface area (TPSA) is 40.5 Å². The summed E-state index contributed by atoms with van der Waals surface area (Å²) in [5.41, 5.74) is 1.11. The molecule has 1 unspecified atom stereocenters. The van der Waals surface area contributed by atoms with Crippen LogP contribution in [0, 0.1) is 11.8 Å². The fourth-order valence-corrected chi connectivity index (χ4v) is 3.57. The highest BCUT2D eigenvalue weighted by molar-refractivity contribution is 14.0. The van der Waals surface area contributed by atoms with Gasteiger partial charge in [-0.1, -0.05) is 32.8 Å². The number of pyridine rings is 1. The van der Waals surface area contributed by atoms with E-state index in [-0.39, 0.29) is 24.0 Å². The third-order valence-corrected chi connectivity index (χ3v) is 4.93. The highest BCUT2D eigenvalue weighted by Crippen LogP contribution is 2.28. The molecule has 1 N–H and O–H groups in total. The van der Waals surface area contributed by atoms with E-state index in [2.05, 4.69) is 42.0 Å². The third-order valence-electron chi connectivity index (χ3n) is 4.93. The van der Waals surface area contributed by atoms with E-state index in [0.717, 1.165) is 56.1 Å². The summed E-state index contributed by atoms with van der Waals surface area (Å²) in [6, 6.07) is 6.07. The van der Waals surface area contributed by atoms with Gasteiger partial charge in [-0.15, -0.1) is 24.0 Å². The van der Waals surface area contributed by atoms with Crippen LogP contribution in [0.25, 0.3) is 0 Å². The van der Waals surface area contributed by atoms with Crippen LogP contribution < -0.4 is 5.32 Å². The number of nitrogens with zero attached hydrogens (tertiary/aromatic N) is 3. The minimum Gasteiger partial charge on any atom is -0.357 e. The minimum absolute atomic E-state index is 0. The number of rotatable bonds is 7. The number of aliphatic imine (C=N–C) groups is 1. The number of hydrogen-bond acceptors (Lipinski definition) is 2. The molecule has 0 aliphatic carbocycles. The third kappa shape index (κ3) is 6.22. The summed E-state index contributed by atoms with van der Waals surface area (Å²) in [6.07, 6.45) is 6.65. The molecule has 0 aromatic carbocycles. The van der Waals surface area contributed by atoms with Crippen molar-refractivity contribution in [2.45, 2.75) is 46.5 Å². The zero-order valence-electron chi connectivity index (χ0n) is 15.4. The van der Waals surface area contributed by atoms with Crippen molar-refractivity contribution in [1.29, 1.82) is 0 Å². The number of nitrogens with one attached hydrogen (secondary N) is 1. The first-order valence-corrected chi connectivity index (χ1v) is 9.21.